The Morgan fingerprint density at radius 1 is 1.47 bits per heavy atom. The van der Waals surface area contributed by atoms with E-state index in [4.69, 9.17) is 5.73 Å². The molecule has 2 aromatic heterocycles. The summed E-state index contributed by atoms with van der Waals surface area (Å²) >= 11 is 1.57. The quantitative estimate of drug-likeness (QED) is 0.821. The van der Waals surface area contributed by atoms with Crippen LogP contribution in [0.2, 0.25) is 0 Å². The summed E-state index contributed by atoms with van der Waals surface area (Å²) in [5.74, 6) is 0. The van der Waals surface area contributed by atoms with Gasteiger partial charge in [0.25, 0.3) is 0 Å². The van der Waals surface area contributed by atoms with Gasteiger partial charge in [-0.15, -0.1) is 11.3 Å². The Morgan fingerprint density at radius 2 is 2.26 bits per heavy atom. The smallest absolute Gasteiger partial charge is 0.244 e. The molecule has 8 heteroatoms. The van der Waals surface area contributed by atoms with Gasteiger partial charge in [-0.05, 0) is 19.1 Å². The third-order valence-corrected chi connectivity index (χ3v) is 4.87. The standard InChI is InChI=1S/C11H16N4O2S2/c1-9-2-3-10(18-9)6-14-19(16,17)11-7-13-15(8-11)5-4-12/h2-3,7-8,14H,4-6,12H2,1H3. The van der Waals surface area contributed by atoms with Crippen LogP contribution in [0.3, 0.4) is 0 Å². The predicted octanol–water partition coefficient (Wildman–Crippen LogP) is 0.690. The number of hydrogen-bond acceptors (Lipinski definition) is 5. The molecule has 0 saturated heterocycles. The Labute approximate surface area is 116 Å². The second kappa shape index (κ2) is 5.83. The zero-order valence-electron chi connectivity index (χ0n) is 10.5. The summed E-state index contributed by atoms with van der Waals surface area (Å²) in [6.07, 6.45) is 2.81. The van der Waals surface area contributed by atoms with Crippen LogP contribution in [0.1, 0.15) is 9.75 Å². The van der Waals surface area contributed by atoms with Crippen molar-refractivity contribution >= 4 is 21.4 Å². The van der Waals surface area contributed by atoms with Gasteiger partial charge in [-0.1, -0.05) is 0 Å². The summed E-state index contributed by atoms with van der Waals surface area (Å²) in [5.41, 5.74) is 5.39. The number of aromatic nitrogens is 2. The van der Waals surface area contributed by atoms with E-state index in [2.05, 4.69) is 9.82 Å². The zero-order valence-corrected chi connectivity index (χ0v) is 12.2. The highest BCUT2D eigenvalue weighted by Gasteiger charge is 2.16. The maximum absolute atomic E-state index is 12.0. The van der Waals surface area contributed by atoms with Crippen LogP contribution in [-0.4, -0.2) is 24.7 Å². The number of nitrogens with one attached hydrogen (secondary N) is 1. The minimum absolute atomic E-state index is 0.161. The van der Waals surface area contributed by atoms with E-state index in [1.807, 2.05) is 19.1 Å². The number of nitrogens with two attached hydrogens (primary N) is 1. The fourth-order valence-electron chi connectivity index (χ4n) is 1.57. The van der Waals surface area contributed by atoms with Crippen molar-refractivity contribution in [2.24, 2.45) is 5.73 Å². The number of aryl methyl sites for hydroxylation is 1. The lowest BCUT2D eigenvalue weighted by molar-refractivity contribution is 0.580. The number of sulfonamides is 1. The Morgan fingerprint density at radius 3 is 2.89 bits per heavy atom. The van der Waals surface area contributed by atoms with Crippen LogP contribution in [0, 0.1) is 6.92 Å². The Balaban J connectivity index is 2.04. The predicted molar refractivity (Wildman–Crippen MR) is 74.4 cm³/mol. The number of nitrogens with zero attached hydrogens (tertiary/aromatic N) is 2. The first-order chi connectivity index (χ1) is 9.01. The van der Waals surface area contributed by atoms with Crippen LogP contribution in [0.25, 0.3) is 0 Å². The van der Waals surface area contributed by atoms with Crippen LogP contribution in [0.15, 0.2) is 29.4 Å². The molecule has 0 fully saturated rings. The van der Waals surface area contributed by atoms with E-state index >= 15 is 0 Å². The van der Waals surface area contributed by atoms with Gasteiger partial charge in [0, 0.05) is 29.0 Å². The topological polar surface area (TPSA) is 90.0 Å². The Hall–Kier alpha value is -1.22. The lowest BCUT2D eigenvalue weighted by Gasteiger charge is -2.02. The van der Waals surface area contributed by atoms with Crippen molar-refractivity contribution in [3.05, 3.63) is 34.3 Å². The number of hydrogen-bond donors (Lipinski definition) is 2. The Bertz CT molecular complexity index is 645. The summed E-state index contributed by atoms with van der Waals surface area (Å²) < 4.78 is 28.2. The van der Waals surface area contributed by atoms with Gasteiger partial charge in [0.15, 0.2) is 0 Å². The minimum atomic E-state index is -3.51. The molecule has 104 valence electrons. The van der Waals surface area contributed by atoms with Crippen molar-refractivity contribution in [3.8, 4) is 0 Å². The van der Waals surface area contributed by atoms with Crippen molar-refractivity contribution in [1.82, 2.24) is 14.5 Å². The van der Waals surface area contributed by atoms with Crippen LogP contribution in [-0.2, 0) is 23.1 Å². The SMILES string of the molecule is Cc1ccc(CNS(=O)(=O)c2cnn(CCN)c2)s1. The van der Waals surface area contributed by atoms with E-state index in [0.29, 0.717) is 19.6 Å². The molecule has 2 rings (SSSR count). The van der Waals surface area contributed by atoms with E-state index in [0.717, 1.165) is 9.75 Å². The van der Waals surface area contributed by atoms with Crippen molar-refractivity contribution in [2.75, 3.05) is 6.54 Å². The van der Waals surface area contributed by atoms with Crippen molar-refractivity contribution in [1.29, 1.82) is 0 Å². The first kappa shape index (κ1) is 14.2. The molecule has 0 bridgehead atoms. The second-order valence-electron chi connectivity index (χ2n) is 4.06. The monoisotopic (exact) mass is 300 g/mol. The normalized spacial score (nSPS) is 11.9. The largest absolute Gasteiger partial charge is 0.329 e. The highest BCUT2D eigenvalue weighted by molar-refractivity contribution is 7.89. The van der Waals surface area contributed by atoms with Gasteiger partial charge in [-0.25, -0.2) is 13.1 Å². The van der Waals surface area contributed by atoms with Crippen LogP contribution < -0.4 is 10.5 Å². The lowest BCUT2D eigenvalue weighted by atomic mass is 10.4. The van der Waals surface area contributed by atoms with Gasteiger partial charge in [0.05, 0.1) is 12.7 Å². The third-order valence-electron chi connectivity index (χ3n) is 2.51. The van der Waals surface area contributed by atoms with E-state index in [1.54, 1.807) is 11.3 Å². The van der Waals surface area contributed by atoms with Gasteiger partial charge in [-0.3, -0.25) is 4.68 Å². The van der Waals surface area contributed by atoms with E-state index < -0.39 is 10.0 Å². The molecule has 0 unspecified atom stereocenters. The molecule has 2 heterocycles. The second-order valence-corrected chi connectivity index (χ2v) is 7.20. The molecular weight excluding hydrogens is 284 g/mol. The first-order valence-electron chi connectivity index (χ1n) is 5.79. The van der Waals surface area contributed by atoms with E-state index in [-0.39, 0.29) is 4.90 Å². The average Bonchev–Trinajstić information content (AvgIpc) is 2.97. The highest BCUT2D eigenvalue weighted by Crippen LogP contribution is 2.16. The molecule has 0 aliphatic rings. The van der Waals surface area contributed by atoms with Crippen LogP contribution in [0.4, 0.5) is 0 Å². The van der Waals surface area contributed by atoms with E-state index in [9.17, 15) is 8.42 Å². The van der Waals surface area contributed by atoms with E-state index in [1.165, 1.54) is 17.1 Å². The van der Waals surface area contributed by atoms with Crippen molar-refractivity contribution in [2.45, 2.75) is 24.9 Å². The number of thiophene rings is 1. The first-order valence-corrected chi connectivity index (χ1v) is 8.09. The van der Waals surface area contributed by atoms with Gasteiger partial charge < -0.3 is 5.73 Å². The number of rotatable bonds is 6. The van der Waals surface area contributed by atoms with Crippen molar-refractivity contribution < 1.29 is 8.42 Å². The third kappa shape index (κ3) is 3.63. The molecule has 0 aromatic carbocycles. The molecule has 0 saturated carbocycles. The fourth-order valence-corrected chi connectivity index (χ4v) is 3.45. The lowest BCUT2D eigenvalue weighted by Crippen LogP contribution is -2.22. The summed E-state index contributed by atoms with van der Waals surface area (Å²) in [4.78, 5) is 2.30. The van der Waals surface area contributed by atoms with Crippen LogP contribution in [0.5, 0.6) is 0 Å². The van der Waals surface area contributed by atoms with Crippen molar-refractivity contribution in [3.63, 3.8) is 0 Å². The average molecular weight is 300 g/mol. The Kier molecular flexibility index (Phi) is 4.35. The molecule has 6 nitrogen and oxygen atoms in total. The molecule has 0 aliphatic heterocycles. The van der Waals surface area contributed by atoms with Gasteiger partial charge >= 0.3 is 0 Å². The molecule has 3 N–H and O–H groups in total. The molecule has 0 atom stereocenters. The summed E-state index contributed by atoms with van der Waals surface area (Å²) in [5, 5.41) is 3.95. The molecule has 2 aromatic rings. The molecule has 0 radical (unpaired) electrons. The molecule has 19 heavy (non-hydrogen) atoms. The molecule has 0 spiro atoms. The maximum atomic E-state index is 12.0. The van der Waals surface area contributed by atoms with Gasteiger partial charge in [0.2, 0.25) is 10.0 Å². The summed E-state index contributed by atoms with van der Waals surface area (Å²) in [6, 6.07) is 3.88. The maximum Gasteiger partial charge on any atom is 0.244 e. The summed E-state index contributed by atoms with van der Waals surface area (Å²) in [6.45, 7) is 3.20. The van der Waals surface area contributed by atoms with Crippen LogP contribution >= 0.6 is 11.3 Å². The van der Waals surface area contributed by atoms with Gasteiger partial charge in [-0.2, -0.15) is 5.10 Å². The highest BCUT2D eigenvalue weighted by atomic mass is 32.2. The fraction of sp³-hybridized carbons (Fsp3) is 0.364. The zero-order chi connectivity index (χ0) is 13.9. The molecule has 0 amide bonds. The minimum Gasteiger partial charge on any atom is -0.329 e. The summed E-state index contributed by atoms with van der Waals surface area (Å²) in [7, 11) is -3.51. The molecular formula is C11H16N4O2S2. The molecule has 0 aliphatic carbocycles. The van der Waals surface area contributed by atoms with Gasteiger partial charge in [0.1, 0.15) is 4.90 Å².